The van der Waals surface area contributed by atoms with Crippen LogP contribution in [-0.2, 0) is 4.79 Å². The molecule has 0 aliphatic rings. The minimum absolute atomic E-state index is 0.312. The molecule has 1 heterocycles. The van der Waals surface area contributed by atoms with Gasteiger partial charge in [0, 0.05) is 9.35 Å². The van der Waals surface area contributed by atoms with Gasteiger partial charge in [0.25, 0.3) is 0 Å². The number of hydrogen-bond acceptors (Lipinski definition) is 2. The molecule has 1 aromatic carbocycles. The van der Waals surface area contributed by atoms with E-state index < -0.39 is 5.97 Å². The third kappa shape index (κ3) is 2.84. The van der Waals surface area contributed by atoms with Crippen LogP contribution in [0.4, 0.5) is 0 Å². The Morgan fingerprint density at radius 3 is 2.59 bits per heavy atom. The number of rotatable bonds is 3. The number of halogens is 1. The average Bonchev–Trinajstić information content (AvgIpc) is 2.81. The van der Waals surface area contributed by atoms with Crippen LogP contribution in [0.25, 0.3) is 11.6 Å². The van der Waals surface area contributed by atoms with Crippen LogP contribution < -0.4 is 0 Å². The molecule has 0 bridgehead atoms. The van der Waals surface area contributed by atoms with E-state index >= 15 is 0 Å². The second-order valence-corrected chi connectivity index (χ2v) is 5.16. The molecule has 1 N–H and O–H groups in total. The molecule has 0 spiro atoms. The van der Waals surface area contributed by atoms with Crippen LogP contribution in [0.2, 0.25) is 0 Å². The summed E-state index contributed by atoms with van der Waals surface area (Å²) in [7, 11) is 0. The molecular weight excluding hydrogens is 300 g/mol. The lowest BCUT2D eigenvalue weighted by Gasteiger charge is -2.01. The van der Waals surface area contributed by atoms with Gasteiger partial charge in [-0.25, -0.2) is 4.79 Å². The van der Waals surface area contributed by atoms with E-state index in [9.17, 15) is 9.90 Å². The normalized spacial score (nSPS) is 11.5. The fourth-order valence-corrected chi connectivity index (χ4v) is 2.55. The Kier molecular flexibility index (Phi) is 3.76. The standard InChI is InChI=1S/C13H9BrO2S/c14-11-5-2-1-4-9(11)8-10(13(15)16)12-6-3-7-17-12/h1-8H,(H,15,16)/b10-8+. The largest absolute Gasteiger partial charge is 0.478 e. The van der Waals surface area contributed by atoms with Gasteiger partial charge in [0.2, 0.25) is 0 Å². The number of hydrogen-bond donors (Lipinski definition) is 1. The van der Waals surface area contributed by atoms with Crippen LogP contribution in [0.1, 0.15) is 10.4 Å². The number of aliphatic carboxylic acids is 1. The van der Waals surface area contributed by atoms with Crippen molar-refractivity contribution < 1.29 is 9.90 Å². The molecule has 4 heteroatoms. The summed E-state index contributed by atoms with van der Waals surface area (Å²) in [6.07, 6.45) is 1.68. The molecule has 0 aliphatic heterocycles. The van der Waals surface area contributed by atoms with E-state index in [4.69, 9.17) is 0 Å². The van der Waals surface area contributed by atoms with Crippen LogP contribution in [0.15, 0.2) is 46.3 Å². The van der Waals surface area contributed by atoms with Gasteiger partial charge in [-0.05, 0) is 29.2 Å². The first kappa shape index (κ1) is 12.1. The molecule has 86 valence electrons. The third-order valence-electron chi connectivity index (χ3n) is 2.22. The molecule has 0 amide bonds. The number of thiophene rings is 1. The molecule has 0 atom stereocenters. The fraction of sp³-hybridized carbons (Fsp3) is 0. The first-order valence-corrected chi connectivity index (χ1v) is 6.59. The highest BCUT2D eigenvalue weighted by Crippen LogP contribution is 2.26. The number of carboxylic acids is 1. The lowest BCUT2D eigenvalue weighted by Crippen LogP contribution is -1.97. The Hall–Kier alpha value is -1.39. The Balaban J connectivity index is 2.48. The summed E-state index contributed by atoms with van der Waals surface area (Å²) in [5, 5.41) is 11.1. The van der Waals surface area contributed by atoms with Gasteiger partial charge in [0.15, 0.2) is 0 Å². The van der Waals surface area contributed by atoms with Crippen molar-refractivity contribution in [1.82, 2.24) is 0 Å². The molecule has 0 radical (unpaired) electrons. The van der Waals surface area contributed by atoms with Crippen LogP contribution in [0.3, 0.4) is 0 Å². The first-order valence-electron chi connectivity index (χ1n) is 4.92. The highest BCUT2D eigenvalue weighted by atomic mass is 79.9. The second-order valence-electron chi connectivity index (χ2n) is 3.36. The van der Waals surface area contributed by atoms with E-state index in [0.717, 1.165) is 14.9 Å². The summed E-state index contributed by atoms with van der Waals surface area (Å²) >= 11 is 4.82. The van der Waals surface area contributed by atoms with Crippen molar-refractivity contribution in [1.29, 1.82) is 0 Å². The van der Waals surface area contributed by atoms with Crippen molar-refractivity contribution >= 4 is 44.9 Å². The van der Waals surface area contributed by atoms with Crippen molar-refractivity contribution in [3.8, 4) is 0 Å². The van der Waals surface area contributed by atoms with E-state index in [0.29, 0.717) is 5.57 Å². The zero-order chi connectivity index (χ0) is 12.3. The summed E-state index contributed by atoms with van der Waals surface area (Å²) < 4.78 is 0.885. The number of benzene rings is 1. The van der Waals surface area contributed by atoms with Gasteiger partial charge in [-0.2, -0.15) is 0 Å². The lowest BCUT2D eigenvalue weighted by atomic mass is 10.1. The minimum atomic E-state index is -0.914. The minimum Gasteiger partial charge on any atom is -0.478 e. The topological polar surface area (TPSA) is 37.3 Å². The van der Waals surface area contributed by atoms with Crippen LogP contribution in [-0.4, -0.2) is 11.1 Å². The maximum Gasteiger partial charge on any atom is 0.337 e. The Morgan fingerprint density at radius 1 is 1.24 bits per heavy atom. The first-order chi connectivity index (χ1) is 8.18. The van der Waals surface area contributed by atoms with E-state index in [-0.39, 0.29) is 0 Å². The SMILES string of the molecule is O=C(O)/C(=C/c1ccccc1Br)c1cccs1. The van der Waals surface area contributed by atoms with Gasteiger partial charge in [-0.3, -0.25) is 0 Å². The third-order valence-corrected chi connectivity index (χ3v) is 3.85. The Labute approximate surface area is 111 Å². The monoisotopic (exact) mass is 308 g/mol. The van der Waals surface area contributed by atoms with E-state index in [1.807, 2.05) is 41.8 Å². The molecule has 2 nitrogen and oxygen atoms in total. The van der Waals surface area contributed by atoms with Crippen molar-refractivity contribution in [2.45, 2.75) is 0 Å². The Morgan fingerprint density at radius 2 is 2.00 bits per heavy atom. The molecule has 0 aliphatic carbocycles. The summed E-state index contributed by atoms with van der Waals surface area (Å²) in [6.45, 7) is 0. The van der Waals surface area contributed by atoms with E-state index in [1.54, 1.807) is 6.08 Å². The maximum absolute atomic E-state index is 11.2. The maximum atomic E-state index is 11.2. The van der Waals surface area contributed by atoms with Crippen molar-refractivity contribution in [3.63, 3.8) is 0 Å². The summed E-state index contributed by atoms with van der Waals surface area (Å²) in [5.74, 6) is -0.914. The predicted octanol–water partition coefficient (Wildman–Crippen LogP) is 4.14. The molecule has 0 fully saturated rings. The number of carboxylic acid groups (broad SMARTS) is 1. The van der Waals surface area contributed by atoms with Crippen LogP contribution >= 0.6 is 27.3 Å². The molecule has 0 unspecified atom stereocenters. The van der Waals surface area contributed by atoms with Gasteiger partial charge >= 0.3 is 5.97 Å². The summed E-state index contributed by atoms with van der Waals surface area (Å²) in [5.41, 5.74) is 1.17. The van der Waals surface area contributed by atoms with Gasteiger partial charge < -0.3 is 5.11 Å². The quantitative estimate of drug-likeness (QED) is 0.865. The zero-order valence-electron chi connectivity index (χ0n) is 8.76. The van der Waals surface area contributed by atoms with Gasteiger partial charge in [-0.1, -0.05) is 40.2 Å². The van der Waals surface area contributed by atoms with Crippen molar-refractivity contribution in [2.24, 2.45) is 0 Å². The Bertz CT molecular complexity index is 559. The molecule has 2 rings (SSSR count). The molecule has 0 saturated heterocycles. The molecule has 2 aromatic rings. The van der Waals surface area contributed by atoms with Gasteiger partial charge in [0.05, 0.1) is 5.57 Å². The van der Waals surface area contributed by atoms with Crippen molar-refractivity contribution in [3.05, 3.63) is 56.7 Å². The van der Waals surface area contributed by atoms with E-state index in [2.05, 4.69) is 15.9 Å². The van der Waals surface area contributed by atoms with E-state index in [1.165, 1.54) is 11.3 Å². The molecule has 17 heavy (non-hydrogen) atoms. The summed E-state index contributed by atoms with van der Waals surface area (Å²) in [4.78, 5) is 12.0. The fourth-order valence-electron chi connectivity index (χ4n) is 1.42. The lowest BCUT2D eigenvalue weighted by molar-refractivity contribution is -0.130. The summed E-state index contributed by atoms with van der Waals surface area (Å²) in [6, 6.07) is 11.2. The van der Waals surface area contributed by atoms with Crippen molar-refractivity contribution in [2.75, 3.05) is 0 Å². The number of carbonyl (C=O) groups is 1. The highest BCUT2D eigenvalue weighted by molar-refractivity contribution is 9.10. The highest BCUT2D eigenvalue weighted by Gasteiger charge is 2.11. The zero-order valence-corrected chi connectivity index (χ0v) is 11.2. The van der Waals surface area contributed by atoms with Gasteiger partial charge in [-0.15, -0.1) is 11.3 Å². The van der Waals surface area contributed by atoms with Crippen LogP contribution in [0, 0.1) is 0 Å². The predicted molar refractivity (Wildman–Crippen MR) is 74.0 cm³/mol. The smallest absolute Gasteiger partial charge is 0.337 e. The molecular formula is C13H9BrO2S. The average molecular weight is 309 g/mol. The second kappa shape index (κ2) is 5.29. The van der Waals surface area contributed by atoms with Crippen LogP contribution in [0.5, 0.6) is 0 Å². The van der Waals surface area contributed by atoms with Gasteiger partial charge in [0.1, 0.15) is 0 Å². The molecule has 1 aromatic heterocycles. The molecule has 0 saturated carbocycles.